The van der Waals surface area contributed by atoms with Crippen molar-refractivity contribution in [3.63, 3.8) is 0 Å². The number of nitrogens with zero attached hydrogens (tertiary/aromatic N) is 1. The minimum atomic E-state index is -8.67. The Morgan fingerprint density at radius 3 is 1.36 bits per heavy atom. The molecule has 0 aromatic heterocycles. The molecular weight excluding hydrogens is 589 g/mol. The van der Waals surface area contributed by atoms with E-state index in [1.54, 1.807) is 6.07 Å². The molecule has 1 nitrogen and oxygen atoms in total. The van der Waals surface area contributed by atoms with E-state index in [4.69, 9.17) is 5.26 Å². The van der Waals surface area contributed by atoms with E-state index in [-0.39, 0.29) is 28.8 Å². The second kappa shape index (κ2) is 9.15. The average molecular weight is 596 g/mol. The van der Waals surface area contributed by atoms with Crippen LogP contribution < -0.4 is 0 Å². The SMILES string of the molecule is N#Cc1cc[c]c(-c2ccc(C(F)(F)C(F)(F)C(F)(F)C(F)(F)C(F)(F)C(F)(F)C(F)(F)C(F)(F)F)cc2)c1. The van der Waals surface area contributed by atoms with Gasteiger partial charge in [-0.25, -0.2) is 0 Å². The third-order valence-corrected chi connectivity index (χ3v) is 5.21. The van der Waals surface area contributed by atoms with E-state index in [1.807, 2.05) is 0 Å². The highest BCUT2D eigenvalue weighted by molar-refractivity contribution is 5.65. The summed E-state index contributed by atoms with van der Waals surface area (Å²) in [5, 5.41) is 8.81. The standard InChI is InChI=1S/C21H7F17N/c22-14(23,13-6-4-11(5-7-13)12-3-1-2-10(8-12)9-39)15(24,25)16(26,27)17(28,29)18(30,31)19(32,33)20(34,35)21(36,37)38/h1-2,4-8H. The molecule has 0 spiro atoms. The summed E-state index contributed by atoms with van der Waals surface area (Å²) in [5.41, 5.74) is -2.67. The number of hydrogen-bond acceptors (Lipinski definition) is 1. The Kier molecular flexibility index (Phi) is 7.50. The lowest BCUT2D eigenvalue weighted by Crippen LogP contribution is -2.74. The topological polar surface area (TPSA) is 23.8 Å². The van der Waals surface area contributed by atoms with Crippen molar-refractivity contribution in [1.29, 1.82) is 5.26 Å². The van der Waals surface area contributed by atoms with Crippen molar-refractivity contribution >= 4 is 0 Å². The van der Waals surface area contributed by atoms with Crippen molar-refractivity contribution in [2.75, 3.05) is 0 Å². The Morgan fingerprint density at radius 1 is 0.538 bits per heavy atom. The minimum Gasteiger partial charge on any atom is -0.194 e. The Bertz CT molecular complexity index is 1240. The molecule has 0 saturated heterocycles. The van der Waals surface area contributed by atoms with E-state index in [1.165, 1.54) is 6.07 Å². The zero-order chi connectivity index (χ0) is 30.7. The molecule has 0 fully saturated rings. The zero-order valence-corrected chi connectivity index (χ0v) is 17.9. The summed E-state index contributed by atoms with van der Waals surface area (Å²) in [6.07, 6.45) is -7.80. The second-order valence-corrected chi connectivity index (χ2v) is 7.70. The van der Waals surface area contributed by atoms with Crippen LogP contribution in [0.2, 0.25) is 0 Å². The molecule has 0 aliphatic rings. The lowest BCUT2D eigenvalue weighted by Gasteiger charge is -2.42. The largest absolute Gasteiger partial charge is 0.460 e. The number of benzene rings is 2. The van der Waals surface area contributed by atoms with Gasteiger partial charge in [0.25, 0.3) is 0 Å². The van der Waals surface area contributed by atoms with Crippen molar-refractivity contribution in [3.05, 3.63) is 59.7 Å². The summed E-state index contributed by atoms with van der Waals surface area (Å²) < 4.78 is 228. The van der Waals surface area contributed by atoms with E-state index in [0.717, 1.165) is 12.1 Å². The van der Waals surface area contributed by atoms with E-state index in [0.29, 0.717) is 12.1 Å². The van der Waals surface area contributed by atoms with Crippen LogP contribution in [-0.2, 0) is 5.92 Å². The molecule has 1 radical (unpaired) electrons. The van der Waals surface area contributed by atoms with Gasteiger partial charge in [-0.15, -0.1) is 0 Å². The quantitative estimate of drug-likeness (QED) is 0.281. The van der Waals surface area contributed by atoms with Gasteiger partial charge in [-0.2, -0.15) is 79.9 Å². The summed E-state index contributed by atoms with van der Waals surface area (Å²) in [7, 11) is 0. The predicted molar refractivity (Wildman–Crippen MR) is 95.1 cm³/mol. The minimum absolute atomic E-state index is 0.0413. The van der Waals surface area contributed by atoms with Gasteiger partial charge in [0, 0.05) is 5.56 Å². The van der Waals surface area contributed by atoms with Crippen LogP contribution in [0.3, 0.4) is 0 Å². The van der Waals surface area contributed by atoms with Gasteiger partial charge in [0.05, 0.1) is 11.6 Å². The normalized spacial score (nSPS) is 14.8. The van der Waals surface area contributed by atoms with Gasteiger partial charge in [0.2, 0.25) is 0 Å². The van der Waals surface area contributed by atoms with E-state index >= 15 is 0 Å². The van der Waals surface area contributed by atoms with Crippen LogP contribution in [0.25, 0.3) is 11.1 Å². The van der Waals surface area contributed by atoms with Gasteiger partial charge in [0.1, 0.15) is 0 Å². The number of nitriles is 1. The highest BCUT2D eigenvalue weighted by atomic mass is 19.4. The summed E-state index contributed by atoms with van der Waals surface area (Å²) in [6, 6.07) is 8.14. The molecule has 0 saturated carbocycles. The summed E-state index contributed by atoms with van der Waals surface area (Å²) in [6.45, 7) is 0. The molecule has 0 atom stereocenters. The Morgan fingerprint density at radius 2 is 0.949 bits per heavy atom. The molecule has 2 rings (SSSR count). The molecule has 2 aromatic rings. The molecule has 0 heterocycles. The number of hydrogen-bond donors (Lipinski definition) is 0. The summed E-state index contributed by atoms with van der Waals surface area (Å²) >= 11 is 0. The van der Waals surface area contributed by atoms with Gasteiger partial charge in [-0.1, -0.05) is 30.3 Å². The molecule has 2 aromatic carbocycles. The van der Waals surface area contributed by atoms with Gasteiger partial charge in [0.15, 0.2) is 0 Å². The van der Waals surface area contributed by atoms with Crippen molar-refractivity contribution < 1.29 is 74.6 Å². The molecule has 215 valence electrons. The molecule has 0 N–H and O–H groups in total. The number of halogens is 17. The van der Waals surface area contributed by atoms with Gasteiger partial charge in [-0.05, 0) is 29.3 Å². The van der Waals surface area contributed by atoms with Gasteiger partial charge in [-0.3, -0.25) is 0 Å². The third kappa shape index (κ3) is 4.42. The molecule has 0 amide bonds. The highest BCUT2D eigenvalue weighted by Crippen LogP contribution is 2.65. The molecule has 0 bridgehead atoms. The second-order valence-electron chi connectivity index (χ2n) is 7.70. The molecule has 39 heavy (non-hydrogen) atoms. The zero-order valence-electron chi connectivity index (χ0n) is 17.9. The van der Waals surface area contributed by atoms with Crippen LogP contribution in [0.5, 0.6) is 0 Å². The first kappa shape index (κ1) is 32.0. The van der Waals surface area contributed by atoms with Crippen LogP contribution in [0.1, 0.15) is 11.1 Å². The maximum Gasteiger partial charge on any atom is 0.460 e. The van der Waals surface area contributed by atoms with Crippen LogP contribution in [0, 0.1) is 17.4 Å². The predicted octanol–water partition coefficient (Wildman–Crippen LogP) is 8.49. The number of alkyl halides is 17. The first-order chi connectivity index (χ1) is 17.3. The summed E-state index contributed by atoms with van der Waals surface area (Å²) in [5.74, 6) is -56.9. The molecule has 0 unspecified atom stereocenters. The first-order valence-corrected chi connectivity index (χ1v) is 9.50. The summed E-state index contributed by atoms with van der Waals surface area (Å²) in [4.78, 5) is 0. The smallest absolute Gasteiger partial charge is 0.194 e. The molecule has 0 aliphatic heterocycles. The number of rotatable bonds is 8. The van der Waals surface area contributed by atoms with Crippen LogP contribution in [-0.4, -0.2) is 41.7 Å². The van der Waals surface area contributed by atoms with Crippen LogP contribution >= 0.6 is 0 Å². The van der Waals surface area contributed by atoms with Gasteiger partial charge < -0.3 is 0 Å². The van der Waals surface area contributed by atoms with Gasteiger partial charge >= 0.3 is 47.6 Å². The monoisotopic (exact) mass is 596 g/mol. The average Bonchev–Trinajstić information content (AvgIpc) is 2.82. The first-order valence-electron chi connectivity index (χ1n) is 9.50. The molecular formula is C21H7F17N. The van der Waals surface area contributed by atoms with E-state index in [2.05, 4.69) is 6.07 Å². The Labute approximate surface area is 205 Å². The van der Waals surface area contributed by atoms with E-state index in [9.17, 15) is 74.6 Å². The van der Waals surface area contributed by atoms with Crippen LogP contribution in [0.4, 0.5) is 74.6 Å². The maximum absolute atomic E-state index is 14.3. The Balaban J connectivity index is 2.59. The fraction of sp³-hybridized carbons (Fsp3) is 0.381. The Hall–Kier alpha value is -3.26. The fourth-order valence-electron chi connectivity index (χ4n) is 2.91. The van der Waals surface area contributed by atoms with Crippen molar-refractivity contribution in [3.8, 4) is 17.2 Å². The van der Waals surface area contributed by atoms with Crippen molar-refractivity contribution in [1.82, 2.24) is 0 Å². The molecule has 18 heteroatoms. The van der Waals surface area contributed by atoms with E-state index < -0.39 is 53.2 Å². The van der Waals surface area contributed by atoms with Crippen molar-refractivity contribution in [2.24, 2.45) is 0 Å². The van der Waals surface area contributed by atoms with Crippen molar-refractivity contribution in [2.45, 2.75) is 47.6 Å². The maximum atomic E-state index is 14.3. The third-order valence-electron chi connectivity index (χ3n) is 5.21. The fourth-order valence-corrected chi connectivity index (χ4v) is 2.91. The van der Waals surface area contributed by atoms with Crippen LogP contribution in [0.15, 0.2) is 42.5 Å². The molecule has 0 aliphatic carbocycles. The lowest BCUT2D eigenvalue weighted by atomic mass is 9.87. The highest BCUT2D eigenvalue weighted by Gasteiger charge is 2.95. The lowest BCUT2D eigenvalue weighted by molar-refractivity contribution is -0.462.